The van der Waals surface area contributed by atoms with Crippen molar-refractivity contribution in [2.24, 2.45) is 0 Å². The van der Waals surface area contributed by atoms with Gasteiger partial charge < -0.3 is 19.7 Å². The Hall–Kier alpha value is -1.99. The molecule has 0 bridgehead atoms. The SMILES string of the molecule is CCn1ncc(Cl)c1CN(C)C(=S)Nc1ccc(OC)cc1OC. The third kappa shape index (κ3) is 4.10. The molecule has 0 fully saturated rings. The quantitative estimate of drug-likeness (QED) is 0.789. The Balaban J connectivity index is 2.10. The first kappa shape index (κ1) is 18.4. The fourth-order valence-corrected chi connectivity index (χ4v) is 2.60. The van der Waals surface area contributed by atoms with Crippen molar-refractivity contribution in [3.63, 3.8) is 0 Å². The fourth-order valence-electron chi connectivity index (χ4n) is 2.23. The first-order valence-corrected chi connectivity index (χ1v) is 8.23. The van der Waals surface area contributed by atoms with Crippen LogP contribution in [0.15, 0.2) is 24.4 Å². The second kappa shape index (κ2) is 8.21. The van der Waals surface area contributed by atoms with Crippen LogP contribution in [-0.2, 0) is 13.1 Å². The highest BCUT2D eigenvalue weighted by Gasteiger charge is 2.14. The van der Waals surface area contributed by atoms with Gasteiger partial charge in [-0.1, -0.05) is 11.6 Å². The van der Waals surface area contributed by atoms with Gasteiger partial charge in [0.25, 0.3) is 0 Å². The Morgan fingerprint density at radius 3 is 2.75 bits per heavy atom. The molecule has 0 atom stereocenters. The van der Waals surface area contributed by atoms with Gasteiger partial charge in [0.2, 0.25) is 0 Å². The number of hydrogen-bond acceptors (Lipinski definition) is 4. The number of thiocarbonyl (C=S) groups is 1. The van der Waals surface area contributed by atoms with Gasteiger partial charge >= 0.3 is 0 Å². The minimum Gasteiger partial charge on any atom is -0.497 e. The lowest BCUT2D eigenvalue weighted by atomic mass is 10.2. The first-order chi connectivity index (χ1) is 11.5. The van der Waals surface area contributed by atoms with Crippen LogP contribution in [0.4, 0.5) is 5.69 Å². The highest BCUT2D eigenvalue weighted by atomic mass is 35.5. The molecular weight excluding hydrogens is 348 g/mol. The highest BCUT2D eigenvalue weighted by Crippen LogP contribution is 2.29. The number of aromatic nitrogens is 2. The number of nitrogens with one attached hydrogen (secondary N) is 1. The minimum absolute atomic E-state index is 0.553. The normalized spacial score (nSPS) is 10.4. The monoisotopic (exact) mass is 368 g/mol. The summed E-state index contributed by atoms with van der Waals surface area (Å²) in [7, 11) is 5.11. The lowest BCUT2D eigenvalue weighted by Crippen LogP contribution is -2.31. The predicted molar refractivity (Wildman–Crippen MR) is 100 cm³/mol. The van der Waals surface area contributed by atoms with Gasteiger partial charge in [-0.2, -0.15) is 5.10 Å². The van der Waals surface area contributed by atoms with E-state index in [1.807, 2.05) is 35.7 Å². The van der Waals surface area contributed by atoms with Crippen molar-refractivity contribution in [2.75, 3.05) is 26.6 Å². The highest BCUT2D eigenvalue weighted by molar-refractivity contribution is 7.80. The lowest BCUT2D eigenvalue weighted by molar-refractivity contribution is 0.395. The Kier molecular flexibility index (Phi) is 6.28. The smallest absolute Gasteiger partial charge is 0.173 e. The van der Waals surface area contributed by atoms with Gasteiger partial charge in [0.1, 0.15) is 11.5 Å². The maximum Gasteiger partial charge on any atom is 0.173 e. The van der Waals surface area contributed by atoms with E-state index in [1.165, 1.54) is 0 Å². The van der Waals surface area contributed by atoms with E-state index in [4.69, 9.17) is 33.3 Å². The summed E-state index contributed by atoms with van der Waals surface area (Å²) in [4.78, 5) is 1.90. The molecule has 0 aliphatic rings. The second-order valence-electron chi connectivity index (χ2n) is 5.11. The first-order valence-electron chi connectivity index (χ1n) is 7.44. The number of nitrogens with zero attached hydrogens (tertiary/aromatic N) is 3. The maximum atomic E-state index is 6.21. The summed E-state index contributed by atoms with van der Waals surface area (Å²) >= 11 is 11.7. The van der Waals surface area contributed by atoms with Crippen LogP contribution in [-0.4, -0.2) is 41.1 Å². The molecule has 8 heteroatoms. The zero-order valence-corrected chi connectivity index (χ0v) is 15.7. The Bertz CT molecular complexity index is 720. The zero-order valence-electron chi connectivity index (χ0n) is 14.2. The Labute approximate surface area is 152 Å². The summed E-state index contributed by atoms with van der Waals surface area (Å²) in [6, 6.07) is 5.51. The average molecular weight is 369 g/mol. The van der Waals surface area contributed by atoms with Gasteiger partial charge in [0.05, 0.1) is 43.4 Å². The summed E-state index contributed by atoms with van der Waals surface area (Å²) in [5.74, 6) is 1.37. The van der Waals surface area contributed by atoms with Gasteiger partial charge in [-0.3, -0.25) is 4.68 Å². The van der Waals surface area contributed by atoms with Crippen molar-refractivity contribution in [3.8, 4) is 11.5 Å². The van der Waals surface area contributed by atoms with E-state index >= 15 is 0 Å². The number of ether oxygens (including phenoxy) is 2. The molecule has 2 aromatic rings. The van der Waals surface area contributed by atoms with Crippen molar-refractivity contribution in [1.29, 1.82) is 0 Å². The Morgan fingerprint density at radius 1 is 1.38 bits per heavy atom. The molecule has 0 aliphatic carbocycles. The van der Waals surface area contributed by atoms with Crippen LogP contribution >= 0.6 is 23.8 Å². The molecule has 0 saturated carbocycles. The van der Waals surface area contributed by atoms with Crippen LogP contribution in [0.5, 0.6) is 11.5 Å². The molecule has 0 amide bonds. The number of anilines is 1. The standard InChI is InChI=1S/C16H21ClN4O2S/c1-5-21-14(12(17)9-18-21)10-20(2)16(24)19-13-7-6-11(22-3)8-15(13)23-4/h6-9H,5,10H2,1-4H3,(H,19,24). The van der Waals surface area contributed by atoms with Gasteiger partial charge in [0.15, 0.2) is 5.11 Å². The molecule has 0 saturated heterocycles. The molecule has 6 nitrogen and oxygen atoms in total. The Morgan fingerprint density at radius 2 is 2.12 bits per heavy atom. The number of hydrogen-bond donors (Lipinski definition) is 1. The zero-order chi connectivity index (χ0) is 17.7. The summed E-state index contributed by atoms with van der Waals surface area (Å²) in [5.41, 5.74) is 1.69. The topological polar surface area (TPSA) is 51.6 Å². The van der Waals surface area contributed by atoms with Crippen molar-refractivity contribution in [2.45, 2.75) is 20.0 Å². The second-order valence-corrected chi connectivity index (χ2v) is 5.90. The molecule has 1 N–H and O–H groups in total. The van der Waals surface area contributed by atoms with E-state index < -0.39 is 0 Å². The summed E-state index contributed by atoms with van der Waals surface area (Å²) in [5, 5.41) is 8.61. The summed E-state index contributed by atoms with van der Waals surface area (Å²) in [6.45, 7) is 3.32. The van der Waals surface area contributed by atoms with Gasteiger partial charge in [-0.25, -0.2) is 0 Å². The lowest BCUT2D eigenvalue weighted by Gasteiger charge is -2.22. The molecular formula is C16H21ClN4O2S. The molecule has 0 spiro atoms. The number of halogens is 1. The molecule has 130 valence electrons. The molecule has 1 heterocycles. The van der Waals surface area contributed by atoms with Crippen molar-refractivity contribution in [1.82, 2.24) is 14.7 Å². The number of benzene rings is 1. The molecule has 0 radical (unpaired) electrons. The number of aryl methyl sites for hydroxylation is 1. The molecule has 24 heavy (non-hydrogen) atoms. The van der Waals surface area contributed by atoms with Crippen LogP contribution in [0, 0.1) is 0 Å². The fraction of sp³-hybridized carbons (Fsp3) is 0.375. The predicted octanol–water partition coefficient (Wildman–Crippen LogP) is 3.40. The van der Waals surface area contributed by atoms with E-state index in [1.54, 1.807) is 26.5 Å². The van der Waals surface area contributed by atoms with Crippen LogP contribution in [0.1, 0.15) is 12.6 Å². The van der Waals surface area contributed by atoms with E-state index in [0.717, 1.165) is 23.7 Å². The van der Waals surface area contributed by atoms with Gasteiger partial charge in [-0.05, 0) is 31.3 Å². The molecule has 0 aliphatic heterocycles. The van der Waals surface area contributed by atoms with E-state index in [0.29, 0.717) is 22.4 Å². The molecule has 1 aromatic heterocycles. The van der Waals surface area contributed by atoms with Crippen LogP contribution in [0.3, 0.4) is 0 Å². The van der Waals surface area contributed by atoms with Crippen LogP contribution < -0.4 is 14.8 Å². The van der Waals surface area contributed by atoms with Crippen molar-refractivity contribution >= 4 is 34.6 Å². The molecule has 0 unspecified atom stereocenters. The van der Waals surface area contributed by atoms with Crippen LogP contribution in [0.2, 0.25) is 5.02 Å². The third-order valence-electron chi connectivity index (χ3n) is 3.58. The largest absolute Gasteiger partial charge is 0.497 e. The number of rotatable bonds is 6. The molecule has 2 rings (SSSR count). The van der Waals surface area contributed by atoms with E-state index in [-0.39, 0.29) is 0 Å². The van der Waals surface area contributed by atoms with Crippen molar-refractivity contribution in [3.05, 3.63) is 35.1 Å². The van der Waals surface area contributed by atoms with E-state index in [2.05, 4.69) is 10.4 Å². The van der Waals surface area contributed by atoms with Gasteiger partial charge in [0, 0.05) is 19.7 Å². The third-order valence-corrected chi connectivity index (χ3v) is 4.31. The average Bonchev–Trinajstić information content (AvgIpc) is 2.95. The number of methoxy groups -OCH3 is 2. The summed E-state index contributed by atoms with van der Waals surface area (Å²) in [6.07, 6.45) is 1.65. The molecule has 1 aromatic carbocycles. The minimum atomic E-state index is 0.553. The maximum absolute atomic E-state index is 6.21. The van der Waals surface area contributed by atoms with Gasteiger partial charge in [-0.15, -0.1) is 0 Å². The summed E-state index contributed by atoms with van der Waals surface area (Å²) < 4.78 is 12.4. The van der Waals surface area contributed by atoms with Crippen molar-refractivity contribution < 1.29 is 9.47 Å². The van der Waals surface area contributed by atoms with Crippen LogP contribution in [0.25, 0.3) is 0 Å². The van der Waals surface area contributed by atoms with E-state index in [9.17, 15) is 0 Å².